The molecule has 0 amide bonds. The van der Waals surface area contributed by atoms with E-state index in [4.69, 9.17) is 5.11 Å². The third-order valence-electron chi connectivity index (χ3n) is 2.28. The van der Waals surface area contributed by atoms with Gasteiger partial charge in [-0.3, -0.25) is 14.9 Å². The van der Waals surface area contributed by atoms with Gasteiger partial charge < -0.3 is 10.4 Å². The van der Waals surface area contributed by atoms with Gasteiger partial charge in [-0.25, -0.2) is 4.98 Å². The molecule has 0 aromatic carbocycles. The Labute approximate surface area is 97.6 Å². The number of carbonyl (C=O) groups is 1. The summed E-state index contributed by atoms with van der Waals surface area (Å²) in [4.78, 5) is 24.7. The lowest BCUT2D eigenvalue weighted by Gasteiger charge is -2.08. The van der Waals surface area contributed by atoms with Crippen LogP contribution in [-0.2, 0) is 4.79 Å². The first-order valence-corrected chi connectivity index (χ1v) is 4.99. The molecule has 92 valence electrons. The van der Waals surface area contributed by atoms with Crippen molar-refractivity contribution in [3.05, 3.63) is 27.9 Å². The highest BCUT2D eigenvalue weighted by Gasteiger charge is 2.14. The molecule has 0 aliphatic carbocycles. The number of aromatic nitrogens is 1. The number of rotatable bonds is 5. The minimum Gasteiger partial charge on any atom is -0.481 e. The number of carboxylic acids is 1. The van der Waals surface area contributed by atoms with Crippen LogP contribution in [0, 0.1) is 23.0 Å². The Morgan fingerprint density at radius 2 is 2.35 bits per heavy atom. The van der Waals surface area contributed by atoms with E-state index in [1.54, 1.807) is 6.92 Å². The Bertz CT molecular complexity index is 447. The number of hydrogen-bond acceptors (Lipinski definition) is 5. The van der Waals surface area contributed by atoms with Crippen molar-refractivity contribution in [1.82, 2.24) is 4.98 Å². The molecule has 0 fully saturated rings. The molecule has 0 spiro atoms. The van der Waals surface area contributed by atoms with Gasteiger partial charge >= 0.3 is 5.97 Å². The predicted octanol–water partition coefficient (Wildman–Crippen LogP) is 1.43. The Balaban J connectivity index is 2.76. The summed E-state index contributed by atoms with van der Waals surface area (Å²) < 4.78 is 0. The van der Waals surface area contributed by atoms with E-state index in [1.807, 2.05) is 0 Å². The second kappa shape index (κ2) is 5.24. The second-order valence-electron chi connectivity index (χ2n) is 3.73. The standard InChI is InChI=1S/C10H13N3O4/c1-6-4-11-9(3-8(6)13(16)17)12-5-7(2)10(14)15/h3-4,7H,5H2,1-2H3,(H,11,12)(H,14,15). The van der Waals surface area contributed by atoms with Crippen LogP contribution in [0.4, 0.5) is 11.5 Å². The van der Waals surface area contributed by atoms with Crippen LogP contribution in [0.25, 0.3) is 0 Å². The zero-order valence-electron chi connectivity index (χ0n) is 9.51. The fourth-order valence-electron chi connectivity index (χ4n) is 1.15. The number of pyridine rings is 1. The number of aryl methyl sites for hydroxylation is 1. The van der Waals surface area contributed by atoms with Gasteiger partial charge in [0, 0.05) is 18.3 Å². The third-order valence-corrected chi connectivity index (χ3v) is 2.28. The van der Waals surface area contributed by atoms with Crippen LogP contribution in [0.5, 0.6) is 0 Å². The molecule has 1 aromatic heterocycles. The van der Waals surface area contributed by atoms with Gasteiger partial charge in [0.2, 0.25) is 0 Å². The quantitative estimate of drug-likeness (QED) is 0.594. The number of nitrogens with one attached hydrogen (secondary N) is 1. The topological polar surface area (TPSA) is 105 Å². The molecule has 0 bridgehead atoms. The summed E-state index contributed by atoms with van der Waals surface area (Å²) in [6.07, 6.45) is 1.38. The molecule has 0 saturated heterocycles. The van der Waals surface area contributed by atoms with Crippen molar-refractivity contribution in [1.29, 1.82) is 0 Å². The molecule has 7 heteroatoms. The fourth-order valence-corrected chi connectivity index (χ4v) is 1.15. The van der Waals surface area contributed by atoms with Crippen LogP contribution in [0.1, 0.15) is 12.5 Å². The van der Waals surface area contributed by atoms with Crippen LogP contribution < -0.4 is 5.32 Å². The smallest absolute Gasteiger partial charge is 0.308 e. The van der Waals surface area contributed by atoms with Crippen molar-refractivity contribution < 1.29 is 14.8 Å². The van der Waals surface area contributed by atoms with Crippen molar-refractivity contribution in [2.45, 2.75) is 13.8 Å². The van der Waals surface area contributed by atoms with Gasteiger partial charge in [0.15, 0.2) is 0 Å². The summed E-state index contributed by atoms with van der Waals surface area (Å²) in [5.41, 5.74) is 0.428. The van der Waals surface area contributed by atoms with Crippen molar-refractivity contribution in [3.8, 4) is 0 Å². The van der Waals surface area contributed by atoms with E-state index in [0.717, 1.165) is 0 Å². The summed E-state index contributed by atoms with van der Waals surface area (Å²) in [7, 11) is 0. The van der Waals surface area contributed by atoms with Crippen LogP contribution in [0.3, 0.4) is 0 Å². The normalized spacial score (nSPS) is 11.9. The Morgan fingerprint density at radius 3 is 2.88 bits per heavy atom. The number of anilines is 1. The van der Waals surface area contributed by atoms with E-state index in [2.05, 4.69) is 10.3 Å². The largest absolute Gasteiger partial charge is 0.481 e. The Hall–Kier alpha value is -2.18. The third kappa shape index (κ3) is 3.40. The van der Waals surface area contributed by atoms with E-state index in [9.17, 15) is 14.9 Å². The molecule has 17 heavy (non-hydrogen) atoms. The van der Waals surface area contributed by atoms with E-state index in [1.165, 1.54) is 19.2 Å². The molecular weight excluding hydrogens is 226 g/mol. The van der Waals surface area contributed by atoms with Crippen molar-refractivity contribution in [2.24, 2.45) is 5.92 Å². The maximum atomic E-state index is 10.7. The van der Waals surface area contributed by atoms with Crippen LogP contribution >= 0.6 is 0 Å². The maximum Gasteiger partial charge on any atom is 0.308 e. The maximum absolute atomic E-state index is 10.7. The average molecular weight is 239 g/mol. The first kappa shape index (κ1) is 12.9. The fraction of sp³-hybridized carbons (Fsp3) is 0.400. The van der Waals surface area contributed by atoms with Gasteiger partial charge in [0.05, 0.1) is 16.9 Å². The van der Waals surface area contributed by atoms with Gasteiger partial charge in [-0.15, -0.1) is 0 Å². The summed E-state index contributed by atoms with van der Waals surface area (Å²) in [5.74, 6) is -1.22. The summed E-state index contributed by atoms with van der Waals surface area (Å²) in [5, 5.41) is 22.1. The lowest BCUT2D eigenvalue weighted by molar-refractivity contribution is -0.385. The minimum atomic E-state index is -0.931. The van der Waals surface area contributed by atoms with E-state index in [0.29, 0.717) is 11.4 Å². The monoisotopic (exact) mass is 239 g/mol. The molecule has 1 rings (SSSR count). The first-order valence-electron chi connectivity index (χ1n) is 4.99. The van der Waals surface area contributed by atoms with E-state index < -0.39 is 16.8 Å². The molecule has 1 heterocycles. The van der Waals surface area contributed by atoms with Gasteiger partial charge in [-0.2, -0.15) is 0 Å². The summed E-state index contributed by atoms with van der Waals surface area (Å²) in [6, 6.07) is 1.30. The van der Waals surface area contributed by atoms with E-state index >= 15 is 0 Å². The summed E-state index contributed by atoms with van der Waals surface area (Å²) in [6.45, 7) is 3.30. The van der Waals surface area contributed by atoms with Gasteiger partial charge in [-0.1, -0.05) is 6.92 Å². The highest BCUT2D eigenvalue weighted by atomic mass is 16.6. The van der Waals surface area contributed by atoms with Crippen molar-refractivity contribution >= 4 is 17.5 Å². The molecule has 7 nitrogen and oxygen atoms in total. The highest BCUT2D eigenvalue weighted by Crippen LogP contribution is 2.19. The molecule has 2 N–H and O–H groups in total. The molecular formula is C10H13N3O4. The van der Waals surface area contributed by atoms with Crippen molar-refractivity contribution in [3.63, 3.8) is 0 Å². The first-order chi connectivity index (χ1) is 7.91. The van der Waals surface area contributed by atoms with Gasteiger partial charge in [-0.05, 0) is 6.92 Å². The lowest BCUT2D eigenvalue weighted by Crippen LogP contribution is -2.20. The Kier molecular flexibility index (Phi) is 3.97. The second-order valence-corrected chi connectivity index (χ2v) is 3.73. The zero-order chi connectivity index (χ0) is 13.0. The molecule has 0 saturated carbocycles. The molecule has 1 atom stereocenters. The summed E-state index contributed by atoms with van der Waals surface area (Å²) >= 11 is 0. The molecule has 1 unspecified atom stereocenters. The lowest BCUT2D eigenvalue weighted by atomic mass is 10.2. The number of nitro groups is 1. The Morgan fingerprint density at radius 1 is 1.71 bits per heavy atom. The van der Waals surface area contributed by atoms with Crippen molar-refractivity contribution in [2.75, 3.05) is 11.9 Å². The van der Waals surface area contributed by atoms with Gasteiger partial charge in [0.1, 0.15) is 5.82 Å². The van der Waals surface area contributed by atoms with Crippen LogP contribution in [0.15, 0.2) is 12.3 Å². The molecule has 1 aromatic rings. The van der Waals surface area contributed by atoms with Crippen LogP contribution in [0.2, 0.25) is 0 Å². The molecule has 0 aliphatic heterocycles. The minimum absolute atomic E-state index is 0.0366. The predicted molar refractivity (Wildman–Crippen MR) is 60.9 cm³/mol. The molecule has 0 aliphatic rings. The number of nitrogens with zero attached hydrogens (tertiary/aromatic N) is 2. The van der Waals surface area contributed by atoms with Crippen LogP contribution in [-0.4, -0.2) is 27.5 Å². The van der Waals surface area contributed by atoms with E-state index in [-0.39, 0.29) is 12.2 Å². The highest BCUT2D eigenvalue weighted by molar-refractivity contribution is 5.70. The van der Waals surface area contributed by atoms with Gasteiger partial charge in [0.25, 0.3) is 5.69 Å². The SMILES string of the molecule is Cc1cnc(NCC(C)C(=O)O)cc1[N+](=O)[O-]. The number of aliphatic carboxylic acids is 1. The molecule has 0 radical (unpaired) electrons. The zero-order valence-corrected chi connectivity index (χ0v) is 9.51. The number of hydrogen-bond donors (Lipinski definition) is 2. The number of carboxylic acid groups (broad SMARTS) is 1. The average Bonchev–Trinajstić information content (AvgIpc) is 2.26.